The van der Waals surface area contributed by atoms with Gasteiger partial charge < -0.3 is 10.1 Å². The van der Waals surface area contributed by atoms with E-state index in [0.717, 1.165) is 35.6 Å². The van der Waals surface area contributed by atoms with Crippen LogP contribution in [0.3, 0.4) is 0 Å². The number of nitriles is 1. The first-order valence-corrected chi connectivity index (χ1v) is 9.51. The molecule has 1 atom stereocenters. The molecule has 4 nitrogen and oxygen atoms in total. The first kappa shape index (κ1) is 17.5. The minimum absolute atomic E-state index is 0.0557. The number of ether oxygens (including phenoxy) is 1. The summed E-state index contributed by atoms with van der Waals surface area (Å²) in [4.78, 5) is 13.5. The van der Waals surface area contributed by atoms with Crippen molar-refractivity contribution in [3.05, 3.63) is 46.3 Å². The van der Waals surface area contributed by atoms with Crippen molar-refractivity contribution < 1.29 is 9.53 Å². The van der Waals surface area contributed by atoms with E-state index in [1.54, 1.807) is 11.3 Å². The molecule has 25 heavy (non-hydrogen) atoms. The van der Waals surface area contributed by atoms with Gasteiger partial charge in [0.25, 0.3) is 0 Å². The fourth-order valence-electron chi connectivity index (χ4n) is 3.09. The third-order valence-electron chi connectivity index (χ3n) is 4.44. The summed E-state index contributed by atoms with van der Waals surface area (Å²) in [5.74, 6) is 1.41. The zero-order chi connectivity index (χ0) is 17.6. The Labute approximate surface area is 152 Å². The van der Waals surface area contributed by atoms with Crippen LogP contribution in [0.1, 0.15) is 42.2 Å². The molecule has 1 unspecified atom stereocenters. The first-order valence-electron chi connectivity index (χ1n) is 8.69. The molecule has 1 aliphatic carbocycles. The van der Waals surface area contributed by atoms with Crippen LogP contribution in [0.5, 0.6) is 5.75 Å². The van der Waals surface area contributed by atoms with Gasteiger partial charge in [-0.15, -0.1) is 11.3 Å². The van der Waals surface area contributed by atoms with Crippen molar-refractivity contribution in [2.24, 2.45) is 5.92 Å². The van der Waals surface area contributed by atoms with Crippen LogP contribution in [0.4, 0.5) is 5.00 Å². The number of fused-ring (bicyclic) bond motifs is 1. The summed E-state index contributed by atoms with van der Waals surface area (Å²) in [5.41, 5.74) is 1.81. The van der Waals surface area contributed by atoms with Crippen LogP contribution < -0.4 is 10.1 Å². The highest BCUT2D eigenvalue weighted by atomic mass is 32.1. The maximum atomic E-state index is 12.2. The van der Waals surface area contributed by atoms with Gasteiger partial charge in [0.05, 0.1) is 12.2 Å². The fraction of sp³-hybridized carbons (Fsp3) is 0.400. The number of carbonyl (C=O) groups is 1. The number of nitrogens with zero attached hydrogens (tertiary/aromatic N) is 1. The number of benzene rings is 1. The van der Waals surface area contributed by atoms with E-state index in [9.17, 15) is 10.1 Å². The molecule has 0 saturated heterocycles. The Bertz CT molecular complexity index is 777. The molecule has 3 rings (SSSR count). The molecule has 1 N–H and O–H groups in total. The van der Waals surface area contributed by atoms with Crippen LogP contribution >= 0.6 is 11.3 Å². The van der Waals surface area contributed by atoms with Gasteiger partial charge in [-0.05, 0) is 49.3 Å². The minimum atomic E-state index is -0.0557. The maximum Gasteiger partial charge on any atom is 0.225 e. The van der Waals surface area contributed by atoms with Crippen molar-refractivity contribution in [3.63, 3.8) is 0 Å². The molecule has 0 spiro atoms. The second-order valence-corrected chi connectivity index (χ2v) is 7.59. The highest BCUT2D eigenvalue weighted by molar-refractivity contribution is 7.16. The number of amides is 1. The lowest BCUT2D eigenvalue weighted by Gasteiger charge is -2.17. The van der Waals surface area contributed by atoms with Gasteiger partial charge in [0, 0.05) is 11.3 Å². The lowest BCUT2D eigenvalue weighted by Crippen LogP contribution is -2.13. The number of para-hydroxylation sites is 1. The third kappa shape index (κ3) is 4.40. The number of nitrogens with one attached hydrogen (secondary N) is 1. The Morgan fingerprint density at radius 3 is 2.96 bits per heavy atom. The van der Waals surface area contributed by atoms with Crippen LogP contribution in [0, 0.1) is 17.2 Å². The molecule has 0 saturated carbocycles. The van der Waals surface area contributed by atoms with E-state index in [0.29, 0.717) is 30.9 Å². The van der Waals surface area contributed by atoms with E-state index in [4.69, 9.17) is 4.74 Å². The summed E-state index contributed by atoms with van der Waals surface area (Å²) in [7, 11) is 0. The predicted molar refractivity (Wildman–Crippen MR) is 100 cm³/mol. The number of thiophene rings is 1. The predicted octanol–water partition coefficient (Wildman–Crippen LogP) is 4.54. The molecule has 0 fully saturated rings. The average molecular weight is 354 g/mol. The molecule has 2 aromatic rings. The highest BCUT2D eigenvalue weighted by Gasteiger charge is 2.24. The third-order valence-corrected chi connectivity index (χ3v) is 5.61. The summed E-state index contributed by atoms with van der Waals surface area (Å²) in [6, 6.07) is 11.9. The Morgan fingerprint density at radius 2 is 2.20 bits per heavy atom. The van der Waals surface area contributed by atoms with Gasteiger partial charge in [0.15, 0.2) is 0 Å². The lowest BCUT2D eigenvalue weighted by atomic mass is 9.89. The topological polar surface area (TPSA) is 62.1 Å². The maximum absolute atomic E-state index is 12.2. The zero-order valence-electron chi connectivity index (χ0n) is 14.4. The quantitative estimate of drug-likeness (QED) is 0.775. The van der Waals surface area contributed by atoms with E-state index in [2.05, 4.69) is 18.3 Å². The van der Waals surface area contributed by atoms with E-state index >= 15 is 0 Å². The monoisotopic (exact) mass is 354 g/mol. The van der Waals surface area contributed by atoms with Crippen molar-refractivity contribution >= 4 is 22.2 Å². The van der Waals surface area contributed by atoms with Gasteiger partial charge in [-0.2, -0.15) is 5.26 Å². The summed E-state index contributed by atoms with van der Waals surface area (Å²) >= 11 is 1.57. The summed E-state index contributed by atoms with van der Waals surface area (Å²) < 4.78 is 5.60. The average Bonchev–Trinajstić information content (AvgIpc) is 2.95. The second-order valence-electron chi connectivity index (χ2n) is 6.48. The van der Waals surface area contributed by atoms with E-state index in [1.807, 2.05) is 30.3 Å². The Balaban J connectivity index is 1.52. The van der Waals surface area contributed by atoms with Crippen LogP contribution in [0.2, 0.25) is 0 Å². The number of hydrogen-bond acceptors (Lipinski definition) is 4. The van der Waals surface area contributed by atoms with Crippen molar-refractivity contribution in [1.82, 2.24) is 0 Å². The molecule has 1 aromatic carbocycles. The highest BCUT2D eigenvalue weighted by Crippen LogP contribution is 2.39. The molecular weight excluding hydrogens is 332 g/mol. The van der Waals surface area contributed by atoms with Crippen molar-refractivity contribution in [2.45, 2.75) is 39.0 Å². The van der Waals surface area contributed by atoms with Crippen molar-refractivity contribution in [2.75, 3.05) is 11.9 Å². The normalized spacial score (nSPS) is 15.9. The minimum Gasteiger partial charge on any atom is -0.494 e. The summed E-state index contributed by atoms with van der Waals surface area (Å²) in [6.07, 6.45) is 4.09. The molecule has 130 valence electrons. The van der Waals surface area contributed by atoms with Gasteiger partial charge in [-0.25, -0.2) is 0 Å². The fourth-order valence-corrected chi connectivity index (χ4v) is 4.46. The number of carbonyl (C=O) groups excluding carboxylic acids is 1. The summed E-state index contributed by atoms with van der Waals surface area (Å²) in [5, 5.41) is 13.1. The van der Waals surface area contributed by atoms with Gasteiger partial charge >= 0.3 is 0 Å². The van der Waals surface area contributed by atoms with E-state index in [-0.39, 0.29) is 5.91 Å². The smallest absolute Gasteiger partial charge is 0.225 e. The molecule has 1 aliphatic rings. The zero-order valence-corrected chi connectivity index (χ0v) is 15.2. The van der Waals surface area contributed by atoms with Gasteiger partial charge in [-0.3, -0.25) is 4.79 Å². The van der Waals surface area contributed by atoms with Crippen molar-refractivity contribution in [1.29, 1.82) is 5.26 Å². The standard InChI is InChI=1S/C20H22N2O2S/c1-14-9-10-16-17(13-21)20(25-18(16)12-14)22-19(23)8-5-11-24-15-6-3-2-4-7-15/h2-4,6-7,14H,5,8-12H2,1H3,(H,22,23). The molecule has 1 heterocycles. The second kappa shape index (κ2) is 8.17. The number of rotatable bonds is 6. The lowest BCUT2D eigenvalue weighted by molar-refractivity contribution is -0.116. The molecular formula is C20H22N2O2S. The van der Waals surface area contributed by atoms with Crippen LogP contribution in [-0.4, -0.2) is 12.5 Å². The Morgan fingerprint density at radius 1 is 1.40 bits per heavy atom. The molecule has 0 bridgehead atoms. The van der Waals surface area contributed by atoms with Crippen LogP contribution in [0.25, 0.3) is 0 Å². The van der Waals surface area contributed by atoms with E-state index in [1.165, 1.54) is 4.88 Å². The van der Waals surface area contributed by atoms with Gasteiger partial charge in [0.1, 0.15) is 16.8 Å². The SMILES string of the molecule is CC1CCc2c(sc(NC(=O)CCCOc3ccccc3)c2C#N)C1. The molecule has 0 aliphatic heterocycles. The van der Waals surface area contributed by atoms with Gasteiger partial charge in [0.2, 0.25) is 5.91 Å². The summed E-state index contributed by atoms with van der Waals surface area (Å²) in [6.45, 7) is 2.74. The van der Waals surface area contributed by atoms with Crippen molar-refractivity contribution in [3.8, 4) is 11.8 Å². The number of hydrogen-bond donors (Lipinski definition) is 1. The molecule has 1 amide bonds. The van der Waals surface area contributed by atoms with E-state index < -0.39 is 0 Å². The Hall–Kier alpha value is -2.32. The van der Waals surface area contributed by atoms with Crippen LogP contribution in [-0.2, 0) is 17.6 Å². The van der Waals surface area contributed by atoms with Gasteiger partial charge in [-0.1, -0.05) is 25.1 Å². The molecule has 1 aromatic heterocycles. The Kier molecular flexibility index (Phi) is 5.72. The van der Waals surface area contributed by atoms with Crippen LogP contribution in [0.15, 0.2) is 30.3 Å². The number of anilines is 1. The largest absolute Gasteiger partial charge is 0.494 e. The first-order chi connectivity index (χ1) is 12.2. The molecule has 0 radical (unpaired) electrons. The molecule has 5 heteroatoms.